The Bertz CT molecular complexity index is 410. The van der Waals surface area contributed by atoms with Crippen molar-refractivity contribution in [2.45, 2.75) is 52.6 Å². The second kappa shape index (κ2) is 5.05. The second-order valence-corrected chi connectivity index (χ2v) is 6.48. The summed E-state index contributed by atoms with van der Waals surface area (Å²) in [5.74, 6) is 1.53. The number of hydrogen-bond donors (Lipinski definition) is 1. The molecule has 0 amide bonds. The number of aryl methyl sites for hydroxylation is 1. The van der Waals surface area contributed by atoms with E-state index in [1.54, 1.807) is 0 Å². The van der Waals surface area contributed by atoms with Crippen molar-refractivity contribution in [2.75, 3.05) is 0 Å². The molecule has 0 heterocycles. The SMILES string of the molecule is Cc1ccccc1[C@]1(O)C[C@H](C)CC[C@@H]1C(C)C. The molecule has 0 unspecified atom stereocenters. The van der Waals surface area contributed by atoms with Crippen molar-refractivity contribution in [3.8, 4) is 0 Å². The first-order valence-corrected chi connectivity index (χ1v) is 7.23. The summed E-state index contributed by atoms with van der Waals surface area (Å²) in [4.78, 5) is 0. The van der Waals surface area contributed by atoms with Gasteiger partial charge >= 0.3 is 0 Å². The Hall–Kier alpha value is -0.820. The number of aliphatic hydroxyl groups is 1. The van der Waals surface area contributed by atoms with Gasteiger partial charge in [-0.05, 0) is 48.6 Å². The lowest BCUT2D eigenvalue weighted by atomic mass is 9.64. The van der Waals surface area contributed by atoms with Gasteiger partial charge in [0.05, 0.1) is 5.60 Å². The largest absolute Gasteiger partial charge is 0.385 e. The van der Waals surface area contributed by atoms with E-state index in [9.17, 15) is 5.11 Å². The summed E-state index contributed by atoms with van der Waals surface area (Å²) < 4.78 is 0. The van der Waals surface area contributed by atoms with E-state index in [4.69, 9.17) is 0 Å². The van der Waals surface area contributed by atoms with Gasteiger partial charge in [-0.1, -0.05) is 51.5 Å². The van der Waals surface area contributed by atoms with Crippen molar-refractivity contribution < 1.29 is 5.11 Å². The molecule has 0 radical (unpaired) electrons. The van der Waals surface area contributed by atoms with Crippen LogP contribution in [0.1, 0.15) is 51.2 Å². The first-order valence-electron chi connectivity index (χ1n) is 7.23. The molecule has 1 heteroatoms. The molecule has 3 atom stereocenters. The van der Waals surface area contributed by atoms with Crippen LogP contribution in [0.3, 0.4) is 0 Å². The zero-order valence-corrected chi connectivity index (χ0v) is 12.1. The first kappa shape index (κ1) is 13.6. The van der Waals surface area contributed by atoms with E-state index in [0.29, 0.717) is 17.8 Å². The van der Waals surface area contributed by atoms with Crippen LogP contribution in [-0.2, 0) is 5.60 Å². The molecule has 1 N–H and O–H groups in total. The van der Waals surface area contributed by atoms with Crippen LogP contribution in [0.2, 0.25) is 0 Å². The summed E-state index contributed by atoms with van der Waals surface area (Å²) >= 11 is 0. The molecule has 0 bridgehead atoms. The minimum Gasteiger partial charge on any atom is -0.385 e. The molecule has 0 saturated heterocycles. The maximum absolute atomic E-state index is 11.3. The van der Waals surface area contributed by atoms with Gasteiger partial charge in [0.15, 0.2) is 0 Å². The minimum absolute atomic E-state index is 0.384. The molecule has 2 rings (SSSR count). The Kier molecular flexibility index (Phi) is 3.82. The van der Waals surface area contributed by atoms with Crippen molar-refractivity contribution in [1.29, 1.82) is 0 Å². The van der Waals surface area contributed by atoms with Crippen LogP contribution in [0.5, 0.6) is 0 Å². The third-order valence-corrected chi connectivity index (χ3v) is 4.66. The van der Waals surface area contributed by atoms with Crippen LogP contribution >= 0.6 is 0 Å². The third-order valence-electron chi connectivity index (χ3n) is 4.66. The number of benzene rings is 1. The summed E-state index contributed by atoms with van der Waals surface area (Å²) in [7, 11) is 0. The van der Waals surface area contributed by atoms with E-state index in [1.165, 1.54) is 12.0 Å². The van der Waals surface area contributed by atoms with E-state index < -0.39 is 5.60 Å². The van der Waals surface area contributed by atoms with E-state index >= 15 is 0 Å². The van der Waals surface area contributed by atoms with Crippen molar-refractivity contribution in [3.05, 3.63) is 35.4 Å². The average Bonchev–Trinajstić information content (AvgIpc) is 2.28. The zero-order valence-electron chi connectivity index (χ0n) is 12.1. The summed E-state index contributed by atoms with van der Waals surface area (Å²) in [6.45, 7) is 8.86. The van der Waals surface area contributed by atoms with Gasteiger partial charge in [0.1, 0.15) is 0 Å². The molecular formula is C17H26O. The summed E-state index contributed by atoms with van der Waals surface area (Å²) in [6, 6.07) is 8.34. The smallest absolute Gasteiger partial charge is 0.0932 e. The van der Waals surface area contributed by atoms with Gasteiger partial charge in [0, 0.05) is 0 Å². The summed E-state index contributed by atoms with van der Waals surface area (Å²) in [6.07, 6.45) is 3.29. The molecule has 1 aliphatic carbocycles. The summed E-state index contributed by atoms with van der Waals surface area (Å²) in [5.41, 5.74) is 1.74. The van der Waals surface area contributed by atoms with Crippen molar-refractivity contribution in [2.24, 2.45) is 17.8 Å². The van der Waals surface area contributed by atoms with Crippen LogP contribution < -0.4 is 0 Å². The molecule has 1 aromatic carbocycles. The fourth-order valence-electron chi connectivity index (χ4n) is 3.74. The molecule has 0 aromatic heterocycles. The van der Waals surface area contributed by atoms with Crippen LogP contribution in [0, 0.1) is 24.7 Å². The lowest BCUT2D eigenvalue weighted by Crippen LogP contribution is -2.43. The van der Waals surface area contributed by atoms with Gasteiger partial charge in [0.2, 0.25) is 0 Å². The van der Waals surface area contributed by atoms with E-state index in [-0.39, 0.29) is 0 Å². The van der Waals surface area contributed by atoms with Gasteiger partial charge in [-0.2, -0.15) is 0 Å². The maximum Gasteiger partial charge on any atom is 0.0932 e. The van der Waals surface area contributed by atoms with Gasteiger partial charge in [-0.3, -0.25) is 0 Å². The highest BCUT2D eigenvalue weighted by atomic mass is 16.3. The molecule has 1 aromatic rings. The maximum atomic E-state index is 11.3. The Morgan fingerprint density at radius 2 is 1.89 bits per heavy atom. The molecule has 1 aliphatic rings. The highest BCUT2D eigenvalue weighted by Gasteiger charge is 2.44. The van der Waals surface area contributed by atoms with E-state index in [0.717, 1.165) is 18.4 Å². The van der Waals surface area contributed by atoms with Crippen molar-refractivity contribution in [3.63, 3.8) is 0 Å². The van der Waals surface area contributed by atoms with E-state index in [2.05, 4.69) is 52.0 Å². The molecule has 18 heavy (non-hydrogen) atoms. The fourth-order valence-corrected chi connectivity index (χ4v) is 3.74. The highest BCUT2D eigenvalue weighted by molar-refractivity contribution is 5.32. The summed E-state index contributed by atoms with van der Waals surface area (Å²) in [5, 5.41) is 11.3. The normalized spacial score (nSPS) is 32.8. The topological polar surface area (TPSA) is 20.2 Å². The number of hydrogen-bond acceptors (Lipinski definition) is 1. The average molecular weight is 246 g/mol. The van der Waals surface area contributed by atoms with Crippen LogP contribution in [0.25, 0.3) is 0 Å². The molecule has 1 fully saturated rings. The predicted molar refractivity (Wildman–Crippen MR) is 76.4 cm³/mol. The Morgan fingerprint density at radius 1 is 1.22 bits per heavy atom. The zero-order chi connectivity index (χ0) is 13.3. The van der Waals surface area contributed by atoms with Gasteiger partial charge in [-0.15, -0.1) is 0 Å². The molecule has 1 nitrogen and oxygen atoms in total. The number of rotatable bonds is 2. The quantitative estimate of drug-likeness (QED) is 0.826. The van der Waals surface area contributed by atoms with Crippen LogP contribution in [0.4, 0.5) is 0 Å². The molecular weight excluding hydrogens is 220 g/mol. The fraction of sp³-hybridized carbons (Fsp3) is 0.647. The lowest BCUT2D eigenvalue weighted by molar-refractivity contribution is -0.0869. The van der Waals surface area contributed by atoms with Gasteiger partial charge in [-0.25, -0.2) is 0 Å². The first-order chi connectivity index (χ1) is 8.45. The standard InChI is InChI=1S/C17H26O/c1-12(2)15-10-9-13(3)11-17(15,18)16-8-6-5-7-14(16)4/h5-8,12-13,15,18H,9-11H2,1-4H3/t13-,15-,17+/m1/s1. The molecule has 0 aliphatic heterocycles. The highest BCUT2D eigenvalue weighted by Crippen LogP contribution is 2.47. The molecule has 1 saturated carbocycles. The Balaban J connectivity index is 2.44. The lowest BCUT2D eigenvalue weighted by Gasteiger charge is -2.45. The minimum atomic E-state index is -0.628. The van der Waals surface area contributed by atoms with Crippen LogP contribution in [-0.4, -0.2) is 5.11 Å². The Labute approximate surface area is 111 Å². The van der Waals surface area contributed by atoms with Crippen molar-refractivity contribution in [1.82, 2.24) is 0 Å². The molecule has 100 valence electrons. The van der Waals surface area contributed by atoms with Gasteiger partial charge in [0.25, 0.3) is 0 Å². The molecule has 0 spiro atoms. The van der Waals surface area contributed by atoms with Gasteiger partial charge < -0.3 is 5.11 Å². The Morgan fingerprint density at radius 3 is 2.50 bits per heavy atom. The van der Waals surface area contributed by atoms with E-state index in [1.807, 2.05) is 0 Å². The monoisotopic (exact) mass is 246 g/mol. The van der Waals surface area contributed by atoms with Crippen molar-refractivity contribution >= 4 is 0 Å². The third kappa shape index (κ3) is 2.33. The predicted octanol–water partition coefficient (Wildman–Crippen LogP) is 4.27. The second-order valence-electron chi connectivity index (χ2n) is 6.48. The van der Waals surface area contributed by atoms with Crippen LogP contribution in [0.15, 0.2) is 24.3 Å².